The predicted octanol–water partition coefficient (Wildman–Crippen LogP) is 4.10. The van der Waals surface area contributed by atoms with Crippen LogP contribution < -0.4 is 0 Å². The average molecular weight is 313 g/mol. The molecule has 124 valence electrons. The lowest BCUT2D eigenvalue weighted by molar-refractivity contribution is -0.00806. The van der Waals surface area contributed by atoms with Crippen LogP contribution in [0.15, 0.2) is 0 Å². The number of fused-ring (bicyclic) bond motifs is 1. The van der Waals surface area contributed by atoms with Crippen molar-refractivity contribution in [2.24, 2.45) is 5.92 Å². The number of hydrogen-bond acceptors (Lipinski definition) is 3. The molecule has 0 bridgehead atoms. The van der Waals surface area contributed by atoms with Gasteiger partial charge in [-0.2, -0.15) is 11.8 Å². The molecule has 2 atom stereocenters. The number of piperidine rings is 1. The second kappa shape index (κ2) is 9.42. The van der Waals surface area contributed by atoms with Crippen LogP contribution in [0, 0.1) is 5.92 Å². The largest absolute Gasteiger partial charge is 0.298 e. The Morgan fingerprint density at radius 1 is 1.05 bits per heavy atom. The molecule has 0 N–H and O–H groups in total. The number of nitrogens with zero attached hydrogens (tertiary/aromatic N) is 2. The lowest BCUT2D eigenvalue weighted by Crippen LogP contribution is -2.61. The number of rotatable bonds is 8. The quantitative estimate of drug-likeness (QED) is 0.623. The van der Waals surface area contributed by atoms with Crippen LogP contribution >= 0.6 is 11.8 Å². The molecule has 21 heavy (non-hydrogen) atoms. The van der Waals surface area contributed by atoms with E-state index in [4.69, 9.17) is 0 Å². The molecule has 0 aromatic heterocycles. The first-order valence-corrected chi connectivity index (χ1v) is 10.6. The van der Waals surface area contributed by atoms with Crippen molar-refractivity contribution in [2.75, 3.05) is 38.2 Å². The van der Waals surface area contributed by atoms with Crippen LogP contribution in [0.4, 0.5) is 0 Å². The van der Waals surface area contributed by atoms with Crippen LogP contribution in [0.2, 0.25) is 0 Å². The van der Waals surface area contributed by atoms with Crippen molar-refractivity contribution in [3.63, 3.8) is 0 Å². The fourth-order valence-electron chi connectivity index (χ4n) is 4.07. The summed E-state index contributed by atoms with van der Waals surface area (Å²) in [5.74, 6) is 2.14. The molecule has 2 fully saturated rings. The van der Waals surface area contributed by atoms with Crippen LogP contribution in [0.5, 0.6) is 0 Å². The minimum Gasteiger partial charge on any atom is -0.298 e. The average Bonchev–Trinajstić information content (AvgIpc) is 2.49. The molecule has 0 aromatic rings. The second-order valence-corrected chi connectivity index (χ2v) is 8.34. The molecule has 2 aliphatic heterocycles. The highest BCUT2D eigenvalue weighted by atomic mass is 32.2. The van der Waals surface area contributed by atoms with Crippen molar-refractivity contribution < 1.29 is 0 Å². The standard InChI is InChI=1S/C18H36N2S/c1-16(2)18-15-19-11-8-6-10-17(19)14-20(18)12-7-4-5-9-13-21-3/h16-18H,4-15H2,1-3H3. The molecular weight excluding hydrogens is 276 g/mol. The molecule has 0 spiro atoms. The fourth-order valence-corrected chi connectivity index (χ4v) is 4.57. The SMILES string of the molecule is CSCCCCCCN1CC2CCCCN2CC1C(C)C. The highest BCUT2D eigenvalue weighted by Crippen LogP contribution is 2.27. The number of hydrogen-bond donors (Lipinski definition) is 0. The van der Waals surface area contributed by atoms with Gasteiger partial charge in [-0.05, 0) is 56.7 Å². The molecule has 2 aliphatic rings. The first-order chi connectivity index (χ1) is 10.2. The summed E-state index contributed by atoms with van der Waals surface area (Å²) in [5, 5.41) is 0. The first-order valence-electron chi connectivity index (χ1n) is 9.19. The second-order valence-electron chi connectivity index (χ2n) is 7.36. The van der Waals surface area contributed by atoms with E-state index in [1.54, 1.807) is 0 Å². The molecule has 2 rings (SSSR count). The molecule has 2 heterocycles. The predicted molar refractivity (Wildman–Crippen MR) is 96.3 cm³/mol. The summed E-state index contributed by atoms with van der Waals surface area (Å²) in [7, 11) is 0. The summed E-state index contributed by atoms with van der Waals surface area (Å²) in [6, 6.07) is 1.66. The van der Waals surface area contributed by atoms with Crippen molar-refractivity contribution in [3.05, 3.63) is 0 Å². The Kier molecular flexibility index (Phi) is 7.90. The van der Waals surface area contributed by atoms with E-state index in [9.17, 15) is 0 Å². The van der Waals surface area contributed by atoms with Gasteiger partial charge < -0.3 is 0 Å². The van der Waals surface area contributed by atoms with Gasteiger partial charge in [-0.3, -0.25) is 9.80 Å². The Morgan fingerprint density at radius 3 is 2.62 bits per heavy atom. The molecule has 2 unspecified atom stereocenters. The van der Waals surface area contributed by atoms with Gasteiger partial charge in [0.2, 0.25) is 0 Å². The summed E-state index contributed by atoms with van der Waals surface area (Å²) >= 11 is 1.99. The number of unbranched alkanes of at least 4 members (excludes halogenated alkanes) is 3. The van der Waals surface area contributed by atoms with Gasteiger partial charge in [0.1, 0.15) is 0 Å². The van der Waals surface area contributed by atoms with Gasteiger partial charge in [0, 0.05) is 25.2 Å². The molecule has 2 saturated heterocycles. The summed E-state index contributed by atoms with van der Waals surface area (Å²) in [6.45, 7) is 10.2. The lowest BCUT2D eigenvalue weighted by atomic mass is 9.92. The normalized spacial score (nSPS) is 28.0. The van der Waals surface area contributed by atoms with Gasteiger partial charge in [0.25, 0.3) is 0 Å². The van der Waals surface area contributed by atoms with E-state index in [0.29, 0.717) is 0 Å². The zero-order valence-corrected chi connectivity index (χ0v) is 15.3. The maximum Gasteiger partial charge on any atom is 0.0246 e. The van der Waals surface area contributed by atoms with Crippen LogP contribution in [0.1, 0.15) is 58.8 Å². The van der Waals surface area contributed by atoms with E-state index >= 15 is 0 Å². The number of thioether (sulfide) groups is 1. The fraction of sp³-hybridized carbons (Fsp3) is 1.00. The third-order valence-electron chi connectivity index (χ3n) is 5.40. The van der Waals surface area contributed by atoms with Crippen molar-refractivity contribution in [3.8, 4) is 0 Å². The van der Waals surface area contributed by atoms with E-state index in [2.05, 4.69) is 29.9 Å². The molecule has 0 aromatic carbocycles. The lowest BCUT2D eigenvalue weighted by Gasteiger charge is -2.50. The Labute approximate surface area is 137 Å². The Balaban J connectivity index is 1.75. The summed E-state index contributed by atoms with van der Waals surface area (Å²) in [6.07, 6.45) is 12.2. The Hall–Kier alpha value is 0.270. The monoisotopic (exact) mass is 312 g/mol. The van der Waals surface area contributed by atoms with E-state index in [-0.39, 0.29) is 0 Å². The van der Waals surface area contributed by atoms with Crippen LogP contribution in [-0.2, 0) is 0 Å². The minimum absolute atomic E-state index is 0.796. The zero-order valence-electron chi connectivity index (χ0n) is 14.5. The first kappa shape index (κ1) is 17.6. The van der Waals surface area contributed by atoms with Crippen LogP contribution in [0.3, 0.4) is 0 Å². The van der Waals surface area contributed by atoms with E-state index in [1.165, 1.54) is 76.9 Å². The topological polar surface area (TPSA) is 6.48 Å². The maximum atomic E-state index is 2.84. The third kappa shape index (κ3) is 5.44. The van der Waals surface area contributed by atoms with Gasteiger partial charge in [0.15, 0.2) is 0 Å². The number of piperazine rings is 1. The van der Waals surface area contributed by atoms with Gasteiger partial charge in [-0.25, -0.2) is 0 Å². The van der Waals surface area contributed by atoms with Crippen molar-refractivity contribution >= 4 is 11.8 Å². The van der Waals surface area contributed by atoms with Crippen molar-refractivity contribution in [1.82, 2.24) is 9.80 Å². The van der Waals surface area contributed by atoms with Crippen LogP contribution in [0.25, 0.3) is 0 Å². The summed E-state index contributed by atoms with van der Waals surface area (Å²) in [5.41, 5.74) is 0. The Morgan fingerprint density at radius 2 is 1.86 bits per heavy atom. The Bertz CT molecular complexity index is 282. The van der Waals surface area contributed by atoms with E-state index in [1.807, 2.05) is 11.8 Å². The summed E-state index contributed by atoms with van der Waals surface area (Å²) in [4.78, 5) is 5.63. The minimum atomic E-state index is 0.796. The molecule has 3 heteroatoms. The molecule has 0 aliphatic carbocycles. The van der Waals surface area contributed by atoms with Crippen molar-refractivity contribution in [2.45, 2.75) is 70.9 Å². The van der Waals surface area contributed by atoms with E-state index in [0.717, 1.165) is 18.0 Å². The molecular formula is C18H36N2S. The molecule has 0 radical (unpaired) electrons. The highest BCUT2D eigenvalue weighted by Gasteiger charge is 2.35. The van der Waals surface area contributed by atoms with Gasteiger partial charge in [-0.15, -0.1) is 0 Å². The molecule has 0 amide bonds. The molecule has 2 nitrogen and oxygen atoms in total. The highest BCUT2D eigenvalue weighted by molar-refractivity contribution is 7.98. The van der Waals surface area contributed by atoms with Gasteiger partial charge in [-0.1, -0.05) is 33.1 Å². The van der Waals surface area contributed by atoms with E-state index < -0.39 is 0 Å². The maximum absolute atomic E-state index is 2.84. The third-order valence-corrected chi connectivity index (χ3v) is 6.10. The smallest absolute Gasteiger partial charge is 0.0246 e. The summed E-state index contributed by atoms with van der Waals surface area (Å²) < 4.78 is 0. The zero-order chi connectivity index (χ0) is 15.1. The van der Waals surface area contributed by atoms with Gasteiger partial charge >= 0.3 is 0 Å². The van der Waals surface area contributed by atoms with Crippen molar-refractivity contribution in [1.29, 1.82) is 0 Å². The molecule has 0 saturated carbocycles. The van der Waals surface area contributed by atoms with Gasteiger partial charge in [0.05, 0.1) is 0 Å². The van der Waals surface area contributed by atoms with Crippen LogP contribution in [-0.4, -0.2) is 60.1 Å².